The highest BCUT2D eigenvalue weighted by Crippen LogP contribution is 2.05. The van der Waals surface area contributed by atoms with Crippen molar-refractivity contribution in [2.45, 2.75) is 26.8 Å². The van der Waals surface area contributed by atoms with Crippen LogP contribution in [0.3, 0.4) is 0 Å². The van der Waals surface area contributed by atoms with Crippen LogP contribution in [0.2, 0.25) is 0 Å². The second-order valence-corrected chi connectivity index (χ2v) is 3.23. The van der Waals surface area contributed by atoms with Gasteiger partial charge in [0.05, 0.1) is 0 Å². The van der Waals surface area contributed by atoms with E-state index in [1.165, 1.54) is 0 Å². The maximum atomic E-state index is 4.31. The maximum Gasteiger partial charge on any atom is 0.222 e. The lowest BCUT2D eigenvalue weighted by Gasteiger charge is -2.07. The third-order valence-electron chi connectivity index (χ3n) is 2.05. The smallest absolute Gasteiger partial charge is 0.222 e. The molecule has 1 heterocycles. The van der Waals surface area contributed by atoms with E-state index in [9.17, 15) is 0 Å². The molecule has 0 aliphatic rings. The molecule has 0 radical (unpaired) electrons. The highest BCUT2D eigenvalue weighted by molar-refractivity contribution is 5.27. The molecule has 0 saturated heterocycles. The van der Waals surface area contributed by atoms with Gasteiger partial charge in [0.2, 0.25) is 5.95 Å². The fourth-order valence-electron chi connectivity index (χ4n) is 1.19. The Kier molecular flexibility index (Phi) is 4.32. The Morgan fingerprint density at radius 3 is 2.79 bits per heavy atom. The van der Waals surface area contributed by atoms with E-state index >= 15 is 0 Å². The van der Waals surface area contributed by atoms with Crippen molar-refractivity contribution in [3.05, 3.63) is 17.5 Å². The van der Waals surface area contributed by atoms with Crippen molar-refractivity contribution in [1.29, 1.82) is 0 Å². The summed E-state index contributed by atoms with van der Waals surface area (Å²) < 4.78 is 0. The lowest BCUT2D eigenvalue weighted by atomic mass is 10.2. The lowest BCUT2D eigenvalue weighted by Crippen LogP contribution is -2.15. The quantitative estimate of drug-likeness (QED) is 0.694. The van der Waals surface area contributed by atoms with Crippen LogP contribution >= 0.6 is 0 Å². The standard InChI is InChI=1S/C10H18N4/c1-4-5-12-6-9-7-13-10(11-3)14-8(9)2/h7,12H,4-6H2,1-3H3,(H,11,13,14). The molecule has 0 fully saturated rings. The Morgan fingerprint density at radius 1 is 1.43 bits per heavy atom. The lowest BCUT2D eigenvalue weighted by molar-refractivity contribution is 0.669. The predicted octanol–water partition coefficient (Wildman–Crippen LogP) is 1.33. The molecule has 0 bridgehead atoms. The molecule has 0 saturated carbocycles. The average molecular weight is 194 g/mol. The van der Waals surface area contributed by atoms with Gasteiger partial charge >= 0.3 is 0 Å². The van der Waals surface area contributed by atoms with Crippen molar-refractivity contribution >= 4 is 5.95 Å². The predicted molar refractivity (Wildman–Crippen MR) is 58.3 cm³/mol. The fourth-order valence-corrected chi connectivity index (χ4v) is 1.19. The SMILES string of the molecule is CCCNCc1cnc(NC)nc1C. The van der Waals surface area contributed by atoms with Crippen LogP contribution in [-0.4, -0.2) is 23.6 Å². The van der Waals surface area contributed by atoms with E-state index in [0.717, 1.165) is 30.8 Å². The molecule has 1 aromatic heterocycles. The van der Waals surface area contributed by atoms with Crippen LogP contribution in [0, 0.1) is 6.92 Å². The van der Waals surface area contributed by atoms with Crippen molar-refractivity contribution in [1.82, 2.24) is 15.3 Å². The Labute approximate surface area is 85.2 Å². The number of hydrogen-bond donors (Lipinski definition) is 2. The molecular weight excluding hydrogens is 176 g/mol. The van der Waals surface area contributed by atoms with Gasteiger partial charge < -0.3 is 10.6 Å². The number of nitrogens with one attached hydrogen (secondary N) is 2. The first-order valence-electron chi connectivity index (χ1n) is 4.99. The number of aryl methyl sites for hydroxylation is 1. The summed E-state index contributed by atoms with van der Waals surface area (Å²) in [5.41, 5.74) is 2.20. The molecule has 14 heavy (non-hydrogen) atoms. The summed E-state index contributed by atoms with van der Waals surface area (Å²) in [6, 6.07) is 0. The summed E-state index contributed by atoms with van der Waals surface area (Å²) in [7, 11) is 1.82. The summed E-state index contributed by atoms with van der Waals surface area (Å²) >= 11 is 0. The van der Waals surface area contributed by atoms with Crippen LogP contribution in [0.25, 0.3) is 0 Å². The molecule has 0 aliphatic heterocycles. The van der Waals surface area contributed by atoms with Crippen LogP contribution in [0.5, 0.6) is 0 Å². The molecule has 0 atom stereocenters. The van der Waals surface area contributed by atoms with E-state index in [0.29, 0.717) is 5.95 Å². The summed E-state index contributed by atoms with van der Waals surface area (Å²) in [5, 5.41) is 6.25. The van der Waals surface area contributed by atoms with Crippen LogP contribution in [0.15, 0.2) is 6.20 Å². The molecule has 4 nitrogen and oxygen atoms in total. The van der Waals surface area contributed by atoms with Gasteiger partial charge in [0.25, 0.3) is 0 Å². The topological polar surface area (TPSA) is 49.8 Å². The third-order valence-corrected chi connectivity index (χ3v) is 2.05. The van der Waals surface area contributed by atoms with E-state index in [2.05, 4.69) is 27.5 Å². The zero-order valence-corrected chi connectivity index (χ0v) is 9.09. The van der Waals surface area contributed by atoms with Gasteiger partial charge in [-0.1, -0.05) is 6.92 Å². The molecule has 0 spiro atoms. The molecule has 0 amide bonds. The van der Waals surface area contributed by atoms with Crippen molar-refractivity contribution < 1.29 is 0 Å². The molecule has 4 heteroatoms. The van der Waals surface area contributed by atoms with Gasteiger partial charge in [0.15, 0.2) is 0 Å². The number of rotatable bonds is 5. The van der Waals surface area contributed by atoms with Gasteiger partial charge in [-0.2, -0.15) is 0 Å². The van der Waals surface area contributed by atoms with Crippen LogP contribution in [0.1, 0.15) is 24.6 Å². The molecule has 2 N–H and O–H groups in total. The Bertz CT molecular complexity index is 285. The summed E-state index contributed by atoms with van der Waals surface area (Å²) in [5.74, 6) is 0.682. The fraction of sp³-hybridized carbons (Fsp3) is 0.600. The van der Waals surface area contributed by atoms with Gasteiger partial charge in [-0.05, 0) is 19.9 Å². The zero-order valence-electron chi connectivity index (χ0n) is 9.09. The minimum absolute atomic E-state index is 0.682. The first-order chi connectivity index (χ1) is 6.77. The summed E-state index contributed by atoms with van der Waals surface area (Å²) in [6.07, 6.45) is 3.02. The molecule has 0 aromatic carbocycles. The highest BCUT2D eigenvalue weighted by atomic mass is 15.1. The first kappa shape index (κ1) is 10.9. The molecule has 0 unspecified atom stereocenters. The second-order valence-electron chi connectivity index (χ2n) is 3.23. The van der Waals surface area contributed by atoms with E-state index in [1.54, 1.807) is 0 Å². The number of hydrogen-bond acceptors (Lipinski definition) is 4. The minimum atomic E-state index is 0.682. The van der Waals surface area contributed by atoms with Crippen LogP contribution in [0.4, 0.5) is 5.95 Å². The molecule has 0 aliphatic carbocycles. The van der Waals surface area contributed by atoms with Crippen molar-refractivity contribution in [2.75, 3.05) is 18.9 Å². The maximum absolute atomic E-state index is 4.31. The third kappa shape index (κ3) is 2.96. The summed E-state index contributed by atoms with van der Waals surface area (Å²) in [6.45, 7) is 6.04. The van der Waals surface area contributed by atoms with Gasteiger partial charge in [-0.25, -0.2) is 9.97 Å². The van der Waals surface area contributed by atoms with Crippen molar-refractivity contribution in [2.24, 2.45) is 0 Å². The van der Waals surface area contributed by atoms with Crippen LogP contribution in [-0.2, 0) is 6.54 Å². The average Bonchev–Trinajstić information content (AvgIpc) is 2.20. The molecule has 1 rings (SSSR count). The largest absolute Gasteiger partial charge is 0.357 e. The van der Waals surface area contributed by atoms with Gasteiger partial charge in [0.1, 0.15) is 0 Å². The molecule has 1 aromatic rings. The van der Waals surface area contributed by atoms with Crippen LogP contribution < -0.4 is 10.6 Å². The Morgan fingerprint density at radius 2 is 2.21 bits per heavy atom. The van der Waals surface area contributed by atoms with Gasteiger partial charge in [-0.3, -0.25) is 0 Å². The number of nitrogens with zero attached hydrogens (tertiary/aromatic N) is 2. The molecular formula is C10H18N4. The zero-order chi connectivity index (χ0) is 10.4. The number of aromatic nitrogens is 2. The van der Waals surface area contributed by atoms with Gasteiger partial charge in [-0.15, -0.1) is 0 Å². The van der Waals surface area contributed by atoms with Crippen molar-refractivity contribution in [3.8, 4) is 0 Å². The highest BCUT2D eigenvalue weighted by Gasteiger charge is 2.00. The number of anilines is 1. The second kappa shape index (κ2) is 5.54. The van der Waals surface area contributed by atoms with E-state index in [-0.39, 0.29) is 0 Å². The van der Waals surface area contributed by atoms with Gasteiger partial charge in [0, 0.05) is 31.0 Å². The van der Waals surface area contributed by atoms with E-state index in [4.69, 9.17) is 0 Å². The monoisotopic (exact) mass is 194 g/mol. The minimum Gasteiger partial charge on any atom is -0.357 e. The van der Waals surface area contributed by atoms with E-state index in [1.807, 2.05) is 20.2 Å². The molecule has 78 valence electrons. The van der Waals surface area contributed by atoms with E-state index < -0.39 is 0 Å². The van der Waals surface area contributed by atoms with Crippen molar-refractivity contribution in [3.63, 3.8) is 0 Å². The Hall–Kier alpha value is -1.16. The first-order valence-corrected chi connectivity index (χ1v) is 4.99. The summed E-state index contributed by atoms with van der Waals surface area (Å²) in [4.78, 5) is 8.48. The normalized spacial score (nSPS) is 10.2. The Balaban J connectivity index is 2.59.